The molecule has 0 fully saturated rings. The molecule has 2 aromatic carbocycles. The van der Waals surface area contributed by atoms with E-state index >= 15 is 0 Å². The Balaban J connectivity index is 1.80. The molecule has 1 heterocycles. The molecule has 3 rings (SSSR count). The molecule has 2 N–H and O–H groups in total. The van der Waals surface area contributed by atoms with Gasteiger partial charge in [-0.2, -0.15) is 10.1 Å². The first-order chi connectivity index (χ1) is 11.6. The Morgan fingerprint density at radius 2 is 1.88 bits per heavy atom. The lowest BCUT2D eigenvalue weighted by Gasteiger charge is -2.10. The molecular formula is C18H19N5O. The van der Waals surface area contributed by atoms with E-state index in [0.717, 1.165) is 22.7 Å². The number of hydrogen-bond acceptors (Lipinski definition) is 6. The van der Waals surface area contributed by atoms with Gasteiger partial charge in [0.05, 0.1) is 13.3 Å². The number of anilines is 4. The van der Waals surface area contributed by atoms with Gasteiger partial charge in [0.25, 0.3) is 0 Å². The number of aryl methyl sites for hydroxylation is 2. The minimum Gasteiger partial charge on any atom is -0.497 e. The Morgan fingerprint density at radius 1 is 1.00 bits per heavy atom. The Hall–Kier alpha value is -3.15. The first-order valence-electron chi connectivity index (χ1n) is 7.59. The molecule has 1 aromatic heterocycles. The van der Waals surface area contributed by atoms with E-state index in [9.17, 15) is 0 Å². The molecule has 0 saturated carbocycles. The monoisotopic (exact) mass is 321 g/mol. The lowest BCUT2D eigenvalue weighted by Crippen LogP contribution is -2.03. The molecule has 3 aromatic rings. The van der Waals surface area contributed by atoms with Crippen molar-refractivity contribution in [2.75, 3.05) is 17.7 Å². The van der Waals surface area contributed by atoms with Crippen molar-refractivity contribution in [3.8, 4) is 5.75 Å². The maximum absolute atomic E-state index is 5.22. The summed E-state index contributed by atoms with van der Waals surface area (Å²) < 4.78 is 5.22. The SMILES string of the molecule is COc1cccc(Nc2cnnc(Nc3cc(C)ccc3C)n2)c1. The van der Waals surface area contributed by atoms with Crippen LogP contribution in [0.3, 0.4) is 0 Å². The summed E-state index contributed by atoms with van der Waals surface area (Å²) in [4.78, 5) is 4.45. The van der Waals surface area contributed by atoms with Crippen LogP contribution >= 0.6 is 0 Å². The maximum Gasteiger partial charge on any atom is 0.249 e. The molecule has 0 atom stereocenters. The fourth-order valence-corrected chi connectivity index (χ4v) is 2.26. The van der Waals surface area contributed by atoms with Crippen molar-refractivity contribution in [1.82, 2.24) is 15.2 Å². The van der Waals surface area contributed by atoms with E-state index in [1.54, 1.807) is 13.3 Å². The van der Waals surface area contributed by atoms with Crippen molar-refractivity contribution < 1.29 is 4.74 Å². The van der Waals surface area contributed by atoms with Gasteiger partial charge in [0.15, 0.2) is 5.82 Å². The van der Waals surface area contributed by atoms with Crippen molar-refractivity contribution >= 4 is 23.1 Å². The highest BCUT2D eigenvalue weighted by molar-refractivity contribution is 5.62. The van der Waals surface area contributed by atoms with Gasteiger partial charge in [-0.15, -0.1) is 5.10 Å². The van der Waals surface area contributed by atoms with E-state index < -0.39 is 0 Å². The van der Waals surface area contributed by atoms with E-state index in [1.807, 2.05) is 38.1 Å². The minimum atomic E-state index is 0.441. The van der Waals surface area contributed by atoms with Gasteiger partial charge in [0.2, 0.25) is 5.95 Å². The van der Waals surface area contributed by atoms with Gasteiger partial charge in [-0.1, -0.05) is 18.2 Å². The fraction of sp³-hybridized carbons (Fsp3) is 0.167. The van der Waals surface area contributed by atoms with Crippen molar-refractivity contribution in [2.45, 2.75) is 13.8 Å². The second kappa shape index (κ2) is 6.95. The minimum absolute atomic E-state index is 0.441. The van der Waals surface area contributed by atoms with Gasteiger partial charge in [-0.05, 0) is 43.2 Å². The molecule has 0 amide bonds. The second-order valence-electron chi connectivity index (χ2n) is 5.47. The van der Waals surface area contributed by atoms with Crippen LogP contribution in [0.15, 0.2) is 48.7 Å². The van der Waals surface area contributed by atoms with E-state index in [4.69, 9.17) is 4.74 Å². The highest BCUT2D eigenvalue weighted by Gasteiger charge is 2.05. The first-order valence-corrected chi connectivity index (χ1v) is 7.59. The quantitative estimate of drug-likeness (QED) is 0.740. The van der Waals surface area contributed by atoms with Gasteiger partial charge in [0.1, 0.15) is 5.75 Å². The standard InChI is InChI=1S/C18H19N5O/c1-12-7-8-13(2)16(9-12)21-18-22-17(11-19-23-18)20-14-5-4-6-15(10-14)24-3/h4-11H,1-3H3,(H2,20,21,22,23). The van der Waals surface area contributed by atoms with Crippen molar-refractivity contribution in [3.05, 3.63) is 59.8 Å². The summed E-state index contributed by atoms with van der Waals surface area (Å²) in [7, 11) is 1.64. The smallest absolute Gasteiger partial charge is 0.249 e. The zero-order chi connectivity index (χ0) is 16.9. The van der Waals surface area contributed by atoms with Crippen LogP contribution in [0.5, 0.6) is 5.75 Å². The van der Waals surface area contributed by atoms with Gasteiger partial charge in [-0.25, -0.2) is 0 Å². The first kappa shape index (κ1) is 15.7. The zero-order valence-corrected chi connectivity index (χ0v) is 13.9. The van der Waals surface area contributed by atoms with Crippen LogP contribution in [0.4, 0.5) is 23.1 Å². The Morgan fingerprint density at radius 3 is 2.71 bits per heavy atom. The number of nitrogens with zero attached hydrogens (tertiary/aromatic N) is 3. The average molecular weight is 321 g/mol. The Labute approximate surface area is 140 Å². The molecule has 122 valence electrons. The summed E-state index contributed by atoms with van der Waals surface area (Å²) in [6.45, 7) is 4.08. The van der Waals surface area contributed by atoms with Crippen LogP contribution in [0.2, 0.25) is 0 Å². The number of rotatable bonds is 5. The summed E-state index contributed by atoms with van der Waals surface area (Å²) in [5, 5.41) is 14.5. The molecule has 0 bridgehead atoms. The van der Waals surface area contributed by atoms with Crippen LogP contribution in [-0.2, 0) is 0 Å². The Bertz CT molecular complexity index is 850. The Kier molecular flexibility index (Phi) is 4.56. The number of aromatic nitrogens is 3. The van der Waals surface area contributed by atoms with E-state index in [1.165, 1.54) is 5.56 Å². The molecule has 6 nitrogen and oxygen atoms in total. The van der Waals surface area contributed by atoms with E-state index in [2.05, 4.69) is 44.0 Å². The van der Waals surface area contributed by atoms with Crippen LogP contribution in [0, 0.1) is 13.8 Å². The third-order valence-corrected chi connectivity index (χ3v) is 3.54. The highest BCUT2D eigenvalue weighted by Crippen LogP contribution is 2.22. The highest BCUT2D eigenvalue weighted by atomic mass is 16.5. The van der Waals surface area contributed by atoms with Crippen molar-refractivity contribution in [2.24, 2.45) is 0 Å². The lowest BCUT2D eigenvalue weighted by molar-refractivity contribution is 0.415. The summed E-state index contributed by atoms with van der Waals surface area (Å²) in [6.07, 6.45) is 1.58. The molecule has 0 radical (unpaired) electrons. The predicted octanol–water partition coefficient (Wildman–Crippen LogP) is 3.98. The summed E-state index contributed by atoms with van der Waals surface area (Å²) >= 11 is 0. The zero-order valence-electron chi connectivity index (χ0n) is 13.9. The van der Waals surface area contributed by atoms with Gasteiger partial charge >= 0.3 is 0 Å². The third-order valence-electron chi connectivity index (χ3n) is 3.54. The third kappa shape index (κ3) is 3.78. The summed E-state index contributed by atoms with van der Waals surface area (Å²) in [6, 6.07) is 13.8. The summed E-state index contributed by atoms with van der Waals surface area (Å²) in [5.41, 5.74) is 4.12. The lowest BCUT2D eigenvalue weighted by atomic mass is 10.1. The average Bonchev–Trinajstić information content (AvgIpc) is 2.59. The number of nitrogens with one attached hydrogen (secondary N) is 2. The number of methoxy groups -OCH3 is 1. The molecule has 0 aliphatic heterocycles. The van der Waals surface area contributed by atoms with Crippen molar-refractivity contribution in [3.63, 3.8) is 0 Å². The molecule has 6 heteroatoms. The number of ether oxygens (including phenoxy) is 1. The molecule has 0 unspecified atom stereocenters. The molecule has 0 aliphatic carbocycles. The normalized spacial score (nSPS) is 10.3. The van der Waals surface area contributed by atoms with E-state index in [-0.39, 0.29) is 0 Å². The van der Waals surface area contributed by atoms with Crippen LogP contribution < -0.4 is 15.4 Å². The molecular weight excluding hydrogens is 302 g/mol. The number of benzene rings is 2. The fourth-order valence-electron chi connectivity index (χ4n) is 2.26. The molecule has 0 aliphatic rings. The number of hydrogen-bond donors (Lipinski definition) is 2. The predicted molar refractivity (Wildman–Crippen MR) is 95.3 cm³/mol. The molecule has 24 heavy (non-hydrogen) atoms. The molecule has 0 saturated heterocycles. The largest absolute Gasteiger partial charge is 0.497 e. The van der Waals surface area contributed by atoms with Crippen molar-refractivity contribution in [1.29, 1.82) is 0 Å². The van der Waals surface area contributed by atoms with Gasteiger partial charge in [-0.3, -0.25) is 0 Å². The maximum atomic E-state index is 5.22. The van der Waals surface area contributed by atoms with Gasteiger partial charge < -0.3 is 15.4 Å². The second-order valence-corrected chi connectivity index (χ2v) is 5.47. The topological polar surface area (TPSA) is 72.0 Å². The van der Waals surface area contributed by atoms with Crippen LogP contribution in [0.25, 0.3) is 0 Å². The van der Waals surface area contributed by atoms with Crippen LogP contribution in [-0.4, -0.2) is 22.3 Å². The summed E-state index contributed by atoms with van der Waals surface area (Å²) in [5.74, 6) is 1.82. The van der Waals surface area contributed by atoms with Crippen LogP contribution in [0.1, 0.15) is 11.1 Å². The molecule has 0 spiro atoms. The van der Waals surface area contributed by atoms with Gasteiger partial charge in [0, 0.05) is 17.4 Å². The van der Waals surface area contributed by atoms with E-state index in [0.29, 0.717) is 11.8 Å².